The molecule has 0 amide bonds. The van der Waals surface area contributed by atoms with Crippen LogP contribution in [-0.4, -0.2) is 14.4 Å². The lowest BCUT2D eigenvalue weighted by Gasteiger charge is -2.29. The summed E-state index contributed by atoms with van der Waals surface area (Å²) in [6.45, 7) is 21.0. The maximum Gasteiger partial charge on any atom is 0.115 e. The second-order valence-corrected chi connectivity index (χ2v) is 11.0. The monoisotopic (exact) mass is 461 g/mol. The average molecular weight is 462 g/mol. The molecule has 0 spiro atoms. The highest BCUT2D eigenvalue weighted by Gasteiger charge is 2.25. The minimum Gasteiger partial charge on any atom is -0.385 e. The van der Waals surface area contributed by atoms with E-state index in [-0.39, 0.29) is 5.92 Å². The van der Waals surface area contributed by atoms with Gasteiger partial charge in [-0.3, -0.25) is 0 Å². The van der Waals surface area contributed by atoms with Crippen molar-refractivity contribution in [1.82, 2.24) is 0 Å². The summed E-state index contributed by atoms with van der Waals surface area (Å²) in [5.41, 5.74) is 16.3. The van der Waals surface area contributed by atoms with Gasteiger partial charge in [-0.1, -0.05) is 74.3 Å². The molecule has 2 heteroatoms. The third kappa shape index (κ3) is 4.73. The fraction of sp³-hybridized carbons (Fsp3) is 0.394. The van der Waals surface area contributed by atoms with Crippen molar-refractivity contribution >= 4 is 19.0 Å². The molecular formula is C33H40BN. The van der Waals surface area contributed by atoms with Crippen molar-refractivity contribution in [3.05, 3.63) is 81.9 Å². The average Bonchev–Trinajstić information content (AvgIpc) is 2.81. The molecule has 0 aliphatic carbocycles. The van der Waals surface area contributed by atoms with E-state index in [1.54, 1.807) is 0 Å². The molecule has 1 heterocycles. The lowest BCUT2D eigenvalue weighted by molar-refractivity contribution is 0.648. The van der Waals surface area contributed by atoms with Gasteiger partial charge < -0.3 is 5.32 Å². The van der Waals surface area contributed by atoms with Gasteiger partial charge in [0.1, 0.15) is 7.85 Å². The zero-order valence-electron chi connectivity index (χ0n) is 22.7. The smallest absolute Gasteiger partial charge is 0.115 e. The number of fused-ring (bicyclic) bond motifs is 1. The number of rotatable bonds is 6. The summed E-state index contributed by atoms with van der Waals surface area (Å²) >= 11 is 0. The zero-order chi connectivity index (χ0) is 25.4. The van der Waals surface area contributed by atoms with E-state index in [1.165, 1.54) is 67.7 Å². The Morgan fingerprint density at radius 1 is 1.00 bits per heavy atom. The highest BCUT2D eigenvalue weighted by atomic mass is 14.9. The molecule has 3 aromatic carbocycles. The largest absolute Gasteiger partial charge is 0.385 e. The Balaban J connectivity index is 2.08. The normalized spacial score (nSPS) is 13.9. The molecule has 180 valence electrons. The molecule has 3 aromatic rings. The van der Waals surface area contributed by atoms with Gasteiger partial charge in [-0.2, -0.15) is 0 Å². The molecule has 1 unspecified atom stereocenters. The molecule has 1 nitrogen and oxygen atoms in total. The standard InChI is InChI=1S/C33H40BN/c1-19(2)17-26-12-9-11-21(5)29(26)32-23(7)31(30(22(6)20(3)4)24(8)33(32)34)27-15-14-25-13-10-16-35-28(25)18-27/h9,11-12,14-15,18-19,22,35H,3,10,13,16-17H2,1-2,4-8H3. The Kier molecular flexibility index (Phi) is 7.31. The number of benzene rings is 3. The van der Waals surface area contributed by atoms with Crippen LogP contribution in [0.1, 0.15) is 73.4 Å². The van der Waals surface area contributed by atoms with E-state index in [1.807, 2.05) is 0 Å². The number of anilines is 1. The van der Waals surface area contributed by atoms with Crippen molar-refractivity contribution in [1.29, 1.82) is 0 Å². The number of allylic oxidation sites excluding steroid dienone is 1. The second-order valence-electron chi connectivity index (χ2n) is 11.0. The summed E-state index contributed by atoms with van der Waals surface area (Å²) < 4.78 is 0. The molecule has 1 atom stereocenters. The van der Waals surface area contributed by atoms with Crippen LogP contribution in [0.25, 0.3) is 22.3 Å². The van der Waals surface area contributed by atoms with Crippen LogP contribution in [0.4, 0.5) is 5.69 Å². The maximum absolute atomic E-state index is 7.04. The minimum absolute atomic E-state index is 0.219. The van der Waals surface area contributed by atoms with E-state index in [0.29, 0.717) is 5.92 Å². The van der Waals surface area contributed by atoms with Crippen molar-refractivity contribution in [3.8, 4) is 22.3 Å². The van der Waals surface area contributed by atoms with Gasteiger partial charge in [0.2, 0.25) is 0 Å². The molecule has 1 aliphatic rings. The second kappa shape index (κ2) is 10.1. The van der Waals surface area contributed by atoms with Gasteiger partial charge in [-0.15, -0.1) is 0 Å². The van der Waals surface area contributed by atoms with Gasteiger partial charge in [-0.25, -0.2) is 0 Å². The Morgan fingerprint density at radius 3 is 2.43 bits per heavy atom. The first kappa shape index (κ1) is 25.4. The molecule has 1 N–H and O–H groups in total. The summed E-state index contributed by atoms with van der Waals surface area (Å²) in [7, 11) is 7.04. The molecule has 0 aromatic heterocycles. The van der Waals surface area contributed by atoms with Gasteiger partial charge in [0.05, 0.1) is 0 Å². The third-order valence-corrected chi connectivity index (χ3v) is 7.84. The quantitative estimate of drug-likeness (QED) is 0.290. The summed E-state index contributed by atoms with van der Waals surface area (Å²) in [6.07, 6.45) is 3.38. The number of hydrogen-bond acceptors (Lipinski definition) is 1. The predicted molar refractivity (Wildman–Crippen MR) is 155 cm³/mol. The lowest BCUT2D eigenvalue weighted by Crippen LogP contribution is -2.20. The Morgan fingerprint density at radius 2 is 1.74 bits per heavy atom. The summed E-state index contributed by atoms with van der Waals surface area (Å²) in [5, 5.41) is 3.63. The fourth-order valence-corrected chi connectivity index (χ4v) is 5.84. The van der Waals surface area contributed by atoms with E-state index in [0.717, 1.165) is 30.4 Å². The molecule has 35 heavy (non-hydrogen) atoms. The molecule has 0 fully saturated rings. The zero-order valence-corrected chi connectivity index (χ0v) is 22.7. The van der Waals surface area contributed by atoms with E-state index in [2.05, 4.69) is 96.8 Å². The summed E-state index contributed by atoms with van der Waals surface area (Å²) in [4.78, 5) is 0. The van der Waals surface area contributed by atoms with Gasteiger partial charge in [0.25, 0.3) is 0 Å². The van der Waals surface area contributed by atoms with E-state index in [4.69, 9.17) is 7.85 Å². The molecule has 2 radical (unpaired) electrons. The molecule has 0 bridgehead atoms. The summed E-state index contributed by atoms with van der Waals surface area (Å²) in [5.74, 6) is 0.795. The van der Waals surface area contributed by atoms with Crippen LogP contribution >= 0.6 is 0 Å². The minimum atomic E-state index is 0.219. The first-order chi connectivity index (χ1) is 16.6. The Labute approximate surface area is 214 Å². The van der Waals surface area contributed by atoms with Gasteiger partial charge >= 0.3 is 0 Å². The van der Waals surface area contributed by atoms with E-state index < -0.39 is 0 Å². The van der Waals surface area contributed by atoms with Crippen LogP contribution in [-0.2, 0) is 12.8 Å². The van der Waals surface area contributed by atoms with Crippen LogP contribution in [0.3, 0.4) is 0 Å². The van der Waals surface area contributed by atoms with E-state index >= 15 is 0 Å². The number of hydrogen-bond donors (Lipinski definition) is 1. The molecular weight excluding hydrogens is 421 g/mol. The molecule has 4 rings (SSSR count). The van der Waals surface area contributed by atoms with Crippen molar-refractivity contribution in [2.75, 3.05) is 11.9 Å². The summed E-state index contributed by atoms with van der Waals surface area (Å²) in [6, 6.07) is 13.7. The molecule has 1 aliphatic heterocycles. The number of aryl methyl sites for hydroxylation is 2. The van der Waals surface area contributed by atoms with Gasteiger partial charge in [-0.05, 0) is 109 Å². The first-order valence-electron chi connectivity index (χ1n) is 13.2. The highest BCUT2D eigenvalue weighted by molar-refractivity contribution is 6.38. The Bertz CT molecular complexity index is 1280. The lowest BCUT2D eigenvalue weighted by atomic mass is 9.71. The first-order valence-corrected chi connectivity index (χ1v) is 13.2. The van der Waals surface area contributed by atoms with Crippen molar-refractivity contribution in [2.24, 2.45) is 5.92 Å². The Hall–Kier alpha value is -2.74. The van der Waals surface area contributed by atoms with Gasteiger partial charge in [0, 0.05) is 18.2 Å². The van der Waals surface area contributed by atoms with Crippen molar-refractivity contribution in [3.63, 3.8) is 0 Å². The van der Waals surface area contributed by atoms with Crippen LogP contribution in [0, 0.1) is 26.7 Å². The van der Waals surface area contributed by atoms with Crippen LogP contribution in [0.2, 0.25) is 0 Å². The van der Waals surface area contributed by atoms with E-state index in [9.17, 15) is 0 Å². The molecule has 0 saturated heterocycles. The fourth-order valence-electron chi connectivity index (χ4n) is 5.84. The third-order valence-electron chi connectivity index (χ3n) is 7.84. The SMILES string of the molecule is [B]c1c(C)c(C(C)C(=C)C)c(-c2ccc3c(c2)NCCC3)c(C)c1-c1c(C)cccc1CC(C)C. The van der Waals surface area contributed by atoms with Gasteiger partial charge in [0.15, 0.2) is 0 Å². The van der Waals surface area contributed by atoms with Crippen molar-refractivity contribution < 1.29 is 0 Å². The predicted octanol–water partition coefficient (Wildman–Crippen LogP) is 7.98. The van der Waals surface area contributed by atoms with Crippen LogP contribution < -0.4 is 10.8 Å². The number of nitrogens with one attached hydrogen (secondary N) is 1. The highest BCUT2D eigenvalue weighted by Crippen LogP contribution is 2.43. The maximum atomic E-state index is 7.04. The van der Waals surface area contributed by atoms with Crippen LogP contribution in [0.15, 0.2) is 48.6 Å². The van der Waals surface area contributed by atoms with Crippen molar-refractivity contribution in [2.45, 2.75) is 73.6 Å². The molecule has 0 saturated carbocycles. The topological polar surface area (TPSA) is 12.0 Å². The van der Waals surface area contributed by atoms with Crippen LogP contribution in [0.5, 0.6) is 0 Å².